The van der Waals surface area contributed by atoms with Gasteiger partial charge < -0.3 is 19.8 Å². The van der Waals surface area contributed by atoms with Gasteiger partial charge in [-0.3, -0.25) is 0 Å². The fraction of sp³-hybridized carbons (Fsp3) is 0.583. The third-order valence-corrected chi connectivity index (χ3v) is 3.55. The summed E-state index contributed by atoms with van der Waals surface area (Å²) in [6.45, 7) is 7.99. The fourth-order valence-electron chi connectivity index (χ4n) is 1.74. The van der Waals surface area contributed by atoms with Gasteiger partial charge in [0.25, 0.3) is 0 Å². The van der Waals surface area contributed by atoms with Gasteiger partial charge in [0.2, 0.25) is 5.88 Å². The van der Waals surface area contributed by atoms with Crippen molar-refractivity contribution in [2.24, 2.45) is 0 Å². The molecule has 98 valence electrons. The van der Waals surface area contributed by atoms with Crippen LogP contribution in [0.2, 0.25) is 0 Å². The van der Waals surface area contributed by atoms with Gasteiger partial charge in [-0.05, 0) is 33.8 Å². The van der Waals surface area contributed by atoms with Gasteiger partial charge in [0.1, 0.15) is 0 Å². The summed E-state index contributed by atoms with van der Waals surface area (Å²) < 4.78 is 16.9. The lowest BCUT2D eigenvalue weighted by Gasteiger charge is -2.32. The highest BCUT2D eigenvalue weighted by Crippen LogP contribution is 2.36. The van der Waals surface area contributed by atoms with Gasteiger partial charge in [0.05, 0.1) is 23.9 Å². The Bertz CT molecular complexity index is 447. The summed E-state index contributed by atoms with van der Waals surface area (Å²) in [5.41, 5.74) is 6.23. The van der Waals surface area contributed by atoms with Gasteiger partial charge in [-0.15, -0.1) is 0 Å². The summed E-state index contributed by atoms with van der Waals surface area (Å²) in [6, 6.07) is 3.40. The van der Waals surface area contributed by atoms with Crippen molar-refractivity contribution >= 4 is 18.4 Å². The maximum absolute atomic E-state index is 5.91. The van der Waals surface area contributed by atoms with Gasteiger partial charge in [0.15, 0.2) is 0 Å². The van der Waals surface area contributed by atoms with Crippen LogP contribution in [0.4, 0.5) is 5.69 Å². The van der Waals surface area contributed by atoms with Crippen LogP contribution in [0.5, 0.6) is 5.88 Å². The molecular formula is C12H19BN2O3. The summed E-state index contributed by atoms with van der Waals surface area (Å²) >= 11 is 0. The van der Waals surface area contributed by atoms with E-state index in [4.69, 9.17) is 19.8 Å². The van der Waals surface area contributed by atoms with E-state index in [1.54, 1.807) is 19.2 Å². The number of nitrogens with zero attached hydrogens (tertiary/aromatic N) is 1. The summed E-state index contributed by atoms with van der Waals surface area (Å²) in [4.78, 5) is 4.31. The molecule has 0 radical (unpaired) electrons. The molecule has 1 fully saturated rings. The number of nitrogen functional groups attached to an aromatic ring is 1. The summed E-state index contributed by atoms with van der Waals surface area (Å²) in [6.07, 6.45) is 0. The van der Waals surface area contributed by atoms with Crippen LogP contribution in [0.3, 0.4) is 0 Å². The second kappa shape index (κ2) is 4.14. The van der Waals surface area contributed by atoms with Crippen LogP contribution in [-0.2, 0) is 9.31 Å². The number of hydrogen-bond donors (Lipinski definition) is 1. The molecule has 0 atom stereocenters. The van der Waals surface area contributed by atoms with Crippen LogP contribution in [0.1, 0.15) is 27.7 Å². The van der Waals surface area contributed by atoms with Gasteiger partial charge in [-0.25, -0.2) is 4.98 Å². The Morgan fingerprint density at radius 3 is 2.22 bits per heavy atom. The maximum atomic E-state index is 5.91. The highest BCUT2D eigenvalue weighted by atomic mass is 16.7. The highest BCUT2D eigenvalue weighted by Gasteiger charge is 2.52. The predicted octanol–water partition coefficient (Wildman–Crippen LogP) is 0.972. The van der Waals surface area contributed by atoms with Gasteiger partial charge in [-0.1, -0.05) is 0 Å². The predicted molar refractivity (Wildman–Crippen MR) is 70.9 cm³/mol. The van der Waals surface area contributed by atoms with E-state index in [0.717, 1.165) is 0 Å². The minimum atomic E-state index is -0.521. The van der Waals surface area contributed by atoms with Crippen molar-refractivity contribution in [3.05, 3.63) is 12.1 Å². The number of aromatic nitrogens is 1. The quantitative estimate of drug-likeness (QED) is 0.792. The van der Waals surface area contributed by atoms with Crippen LogP contribution in [0.25, 0.3) is 0 Å². The molecule has 0 spiro atoms. The molecule has 1 aliphatic heterocycles. The molecule has 0 saturated carbocycles. The molecule has 2 heterocycles. The monoisotopic (exact) mass is 250 g/mol. The molecule has 5 nitrogen and oxygen atoms in total. The lowest BCUT2D eigenvalue weighted by Crippen LogP contribution is -2.41. The second-order valence-electron chi connectivity index (χ2n) is 5.46. The standard InChI is InChI=1S/C12H19BN2O3/c1-11(2)12(3,4)18-13(17-11)9-6-8(14)7-10(15-9)16-5/h6-7H,1-5H3,(H2,14,15). The van der Waals surface area contributed by atoms with E-state index >= 15 is 0 Å². The van der Waals surface area contributed by atoms with E-state index in [2.05, 4.69) is 4.98 Å². The van der Waals surface area contributed by atoms with Crippen LogP contribution in [0, 0.1) is 0 Å². The highest BCUT2D eigenvalue weighted by molar-refractivity contribution is 6.61. The first-order valence-corrected chi connectivity index (χ1v) is 5.92. The molecular weight excluding hydrogens is 231 g/mol. The number of anilines is 1. The number of pyridine rings is 1. The Kier molecular flexibility index (Phi) is 3.03. The maximum Gasteiger partial charge on any atom is 0.514 e. The van der Waals surface area contributed by atoms with Gasteiger partial charge >= 0.3 is 7.12 Å². The Hall–Kier alpha value is -1.27. The first-order chi connectivity index (χ1) is 8.25. The minimum Gasteiger partial charge on any atom is -0.481 e. The van der Waals surface area contributed by atoms with Crippen LogP contribution >= 0.6 is 0 Å². The zero-order valence-electron chi connectivity index (χ0n) is 11.5. The number of ether oxygens (including phenoxy) is 1. The SMILES string of the molecule is COc1cc(N)cc(B2OC(C)(C)C(C)(C)O2)n1. The third kappa shape index (κ3) is 2.18. The average Bonchev–Trinajstić information content (AvgIpc) is 2.47. The average molecular weight is 250 g/mol. The molecule has 1 aliphatic rings. The van der Waals surface area contributed by atoms with E-state index < -0.39 is 18.3 Å². The summed E-state index contributed by atoms with van der Waals surface area (Å²) in [5.74, 6) is 0.458. The normalized spacial score (nSPS) is 21.1. The van der Waals surface area contributed by atoms with Crippen molar-refractivity contribution in [3.8, 4) is 5.88 Å². The number of rotatable bonds is 2. The van der Waals surface area contributed by atoms with Crippen molar-refractivity contribution < 1.29 is 14.0 Å². The Morgan fingerprint density at radius 2 is 1.72 bits per heavy atom. The largest absolute Gasteiger partial charge is 0.514 e. The Labute approximate surface area is 108 Å². The van der Waals surface area contributed by atoms with E-state index in [9.17, 15) is 0 Å². The van der Waals surface area contributed by atoms with Crippen molar-refractivity contribution in [2.75, 3.05) is 12.8 Å². The first kappa shape index (κ1) is 13.2. The van der Waals surface area contributed by atoms with E-state index in [-0.39, 0.29) is 0 Å². The number of methoxy groups -OCH3 is 1. The van der Waals surface area contributed by atoms with Gasteiger partial charge in [-0.2, -0.15) is 0 Å². The third-order valence-electron chi connectivity index (χ3n) is 3.55. The lowest BCUT2D eigenvalue weighted by atomic mass is 9.84. The summed E-state index contributed by atoms with van der Waals surface area (Å²) in [7, 11) is 1.03. The molecule has 2 N–H and O–H groups in total. The number of hydrogen-bond acceptors (Lipinski definition) is 5. The van der Waals surface area contributed by atoms with Gasteiger partial charge in [0, 0.05) is 11.8 Å². The van der Waals surface area contributed by atoms with Crippen LogP contribution in [-0.4, -0.2) is 30.4 Å². The van der Waals surface area contributed by atoms with Crippen LogP contribution in [0.15, 0.2) is 12.1 Å². The zero-order valence-corrected chi connectivity index (χ0v) is 11.5. The molecule has 0 amide bonds. The summed E-state index contributed by atoms with van der Waals surface area (Å²) in [5, 5.41) is 0. The van der Waals surface area contributed by atoms with Crippen molar-refractivity contribution in [1.82, 2.24) is 4.98 Å². The molecule has 2 rings (SSSR count). The minimum absolute atomic E-state index is 0.392. The molecule has 0 bridgehead atoms. The Balaban J connectivity index is 2.32. The van der Waals surface area contributed by atoms with Crippen molar-refractivity contribution in [2.45, 2.75) is 38.9 Å². The molecule has 1 aromatic heterocycles. The number of nitrogens with two attached hydrogens (primary N) is 1. The second-order valence-corrected chi connectivity index (χ2v) is 5.46. The molecule has 6 heteroatoms. The van der Waals surface area contributed by atoms with Crippen molar-refractivity contribution in [1.29, 1.82) is 0 Å². The molecule has 1 aromatic rings. The van der Waals surface area contributed by atoms with Crippen molar-refractivity contribution in [3.63, 3.8) is 0 Å². The van der Waals surface area contributed by atoms with E-state index in [1.807, 2.05) is 27.7 Å². The molecule has 1 saturated heterocycles. The lowest BCUT2D eigenvalue weighted by molar-refractivity contribution is 0.00578. The van der Waals surface area contributed by atoms with E-state index in [1.165, 1.54) is 0 Å². The zero-order chi connectivity index (χ0) is 13.6. The molecule has 18 heavy (non-hydrogen) atoms. The van der Waals surface area contributed by atoms with Crippen LogP contribution < -0.4 is 16.1 Å². The Morgan fingerprint density at radius 1 is 1.17 bits per heavy atom. The topological polar surface area (TPSA) is 66.6 Å². The fourth-order valence-corrected chi connectivity index (χ4v) is 1.74. The van der Waals surface area contributed by atoms with E-state index in [0.29, 0.717) is 17.2 Å². The molecule has 0 unspecified atom stereocenters. The molecule has 0 aromatic carbocycles. The molecule has 0 aliphatic carbocycles. The first-order valence-electron chi connectivity index (χ1n) is 5.92. The smallest absolute Gasteiger partial charge is 0.481 e.